The van der Waals surface area contributed by atoms with Gasteiger partial charge in [0.15, 0.2) is 0 Å². The van der Waals surface area contributed by atoms with Gasteiger partial charge in [-0.15, -0.1) is 0 Å². The lowest BCUT2D eigenvalue weighted by Crippen LogP contribution is -2.12. The molecule has 0 aromatic carbocycles. The normalized spacial score (nSPS) is 10.9. The molecule has 1 aromatic heterocycles. The van der Waals surface area contributed by atoms with E-state index in [1.807, 2.05) is 12.4 Å². The molecule has 1 aromatic rings. The number of rotatable bonds is 10. The fraction of sp³-hybridized carbons (Fsp3) is 0.750. The maximum Gasteiger partial charge on any atom is 0.108 e. The van der Waals surface area contributed by atoms with Gasteiger partial charge in [0.25, 0.3) is 0 Å². The molecular formula is C12H22N2O3. The van der Waals surface area contributed by atoms with Crippen molar-refractivity contribution < 1.29 is 14.2 Å². The summed E-state index contributed by atoms with van der Waals surface area (Å²) in [6.07, 6.45) is 4.76. The smallest absolute Gasteiger partial charge is 0.108 e. The van der Waals surface area contributed by atoms with Gasteiger partial charge in [0, 0.05) is 32.5 Å². The van der Waals surface area contributed by atoms with Crippen LogP contribution in [0.5, 0.6) is 0 Å². The lowest BCUT2D eigenvalue weighted by atomic mass is 10.4. The molecule has 0 fully saturated rings. The van der Waals surface area contributed by atoms with Crippen molar-refractivity contribution in [3.63, 3.8) is 0 Å². The van der Waals surface area contributed by atoms with Crippen LogP contribution in [0.15, 0.2) is 12.4 Å². The summed E-state index contributed by atoms with van der Waals surface area (Å²) in [7, 11) is 1.66. The van der Waals surface area contributed by atoms with Crippen LogP contribution in [-0.4, -0.2) is 49.7 Å². The highest BCUT2D eigenvalue weighted by atomic mass is 16.5. The molecule has 1 heterocycles. The van der Waals surface area contributed by atoms with Gasteiger partial charge in [-0.05, 0) is 0 Å². The van der Waals surface area contributed by atoms with Gasteiger partial charge in [0.2, 0.25) is 0 Å². The highest BCUT2D eigenvalue weighted by molar-refractivity contribution is 4.91. The highest BCUT2D eigenvalue weighted by Crippen LogP contribution is 1.98. The summed E-state index contributed by atoms with van der Waals surface area (Å²) < 4.78 is 17.7. The van der Waals surface area contributed by atoms with E-state index in [9.17, 15) is 0 Å². The zero-order valence-corrected chi connectivity index (χ0v) is 10.7. The molecule has 0 N–H and O–H groups in total. The Bertz CT molecular complexity index is 289. The van der Waals surface area contributed by atoms with E-state index in [1.165, 1.54) is 0 Å². The van der Waals surface area contributed by atoms with Crippen molar-refractivity contribution in [2.24, 2.45) is 0 Å². The van der Waals surface area contributed by atoms with Crippen LogP contribution in [-0.2, 0) is 27.2 Å². The van der Waals surface area contributed by atoms with E-state index in [0.717, 1.165) is 18.8 Å². The van der Waals surface area contributed by atoms with Crippen LogP contribution in [0.4, 0.5) is 0 Å². The van der Waals surface area contributed by atoms with E-state index >= 15 is 0 Å². The van der Waals surface area contributed by atoms with Crippen molar-refractivity contribution in [1.82, 2.24) is 9.55 Å². The maximum absolute atomic E-state index is 5.47. The van der Waals surface area contributed by atoms with E-state index < -0.39 is 0 Å². The van der Waals surface area contributed by atoms with Gasteiger partial charge in [0.05, 0.1) is 33.0 Å². The van der Waals surface area contributed by atoms with Gasteiger partial charge in [0.1, 0.15) is 5.82 Å². The Hall–Kier alpha value is -0.910. The van der Waals surface area contributed by atoms with Crippen molar-refractivity contribution in [3.8, 4) is 0 Å². The molecule has 17 heavy (non-hydrogen) atoms. The van der Waals surface area contributed by atoms with E-state index in [0.29, 0.717) is 33.0 Å². The van der Waals surface area contributed by atoms with Crippen molar-refractivity contribution in [1.29, 1.82) is 0 Å². The summed E-state index contributed by atoms with van der Waals surface area (Å²) in [6, 6.07) is 0. The number of ether oxygens (including phenoxy) is 3. The second-order valence-corrected chi connectivity index (χ2v) is 3.61. The van der Waals surface area contributed by atoms with E-state index in [2.05, 4.69) is 16.5 Å². The van der Waals surface area contributed by atoms with Crippen molar-refractivity contribution in [3.05, 3.63) is 18.2 Å². The zero-order valence-electron chi connectivity index (χ0n) is 10.7. The Kier molecular flexibility index (Phi) is 7.62. The van der Waals surface area contributed by atoms with E-state index in [4.69, 9.17) is 14.2 Å². The monoisotopic (exact) mass is 242 g/mol. The third-order valence-electron chi connectivity index (χ3n) is 2.40. The molecule has 0 unspecified atom stereocenters. The Morgan fingerprint density at radius 2 is 1.82 bits per heavy atom. The Morgan fingerprint density at radius 3 is 2.53 bits per heavy atom. The minimum Gasteiger partial charge on any atom is -0.382 e. The summed E-state index contributed by atoms with van der Waals surface area (Å²) in [6.45, 7) is 6.14. The molecule has 0 atom stereocenters. The zero-order chi connectivity index (χ0) is 12.3. The first kappa shape index (κ1) is 14.2. The first-order valence-electron chi connectivity index (χ1n) is 6.03. The summed E-state index contributed by atoms with van der Waals surface area (Å²) in [4.78, 5) is 4.25. The second kappa shape index (κ2) is 9.15. The number of methoxy groups -OCH3 is 1. The summed E-state index contributed by atoms with van der Waals surface area (Å²) in [5.41, 5.74) is 0. The summed E-state index contributed by atoms with van der Waals surface area (Å²) >= 11 is 0. The van der Waals surface area contributed by atoms with Crippen LogP contribution < -0.4 is 0 Å². The Morgan fingerprint density at radius 1 is 1.12 bits per heavy atom. The standard InChI is InChI=1S/C12H22N2O3/c1-3-12-13-4-5-14(12)6-7-16-10-11-17-9-8-15-2/h4-5H,3,6-11H2,1-2H3. The van der Waals surface area contributed by atoms with Crippen LogP contribution in [0.1, 0.15) is 12.7 Å². The van der Waals surface area contributed by atoms with Crippen LogP contribution in [0.3, 0.4) is 0 Å². The number of imidazole rings is 1. The first-order chi connectivity index (χ1) is 8.38. The number of nitrogens with zero attached hydrogens (tertiary/aromatic N) is 2. The molecule has 0 spiro atoms. The predicted molar refractivity (Wildman–Crippen MR) is 65.1 cm³/mol. The molecule has 98 valence electrons. The van der Waals surface area contributed by atoms with Crippen molar-refractivity contribution in [2.75, 3.05) is 40.1 Å². The number of aryl methyl sites for hydroxylation is 1. The Labute approximate surface area is 103 Å². The van der Waals surface area contributed by atoms with Crippen LogP contribution >= 0.6 is 0 Å². The molecule has 0 radical (unpaired) electrons. The first-order valence-corrected chi connectivity index (χ1v) is 6.03. The van der Waals surface area contributed by atoms with Crippen molar-refractivity contribution in [2.45, 2.75) is 19.9 Å². The average Bonchev–Trinajstić information content (AvgIpc) is 2.80. The van der Waals surface area contributed by atoms with Gasteiger partial charge in [-0.3, -0.25) is 0 Å². The van der Waals surface area contributed by atoms with Crippen molar-refractivity contribution >= 4 is 0 Å². The quantitative estimate of drug-likeness (QED) is 0.577. The highest BCUT2D eigenvalue weighted by Gasteiger charge is 1.99. The van der Waals surface area contributed by atoms with Gasteiger partial charge in [-0.1, -0.05) is 6.92 Å². The largest absolute Gasteiger partial charge is 0.382 e. The van der Waals surface area contributed by atoms with E-state index in [-0.39, 0.29) is 0 Å². The molecule has 0 bridgehead atoms. The average molecular weight is 242 g/mol. The third kappa shape index (κ3) is 5.81. The molecule has 0 aliphatic heterocycles. The minimum absolute atomic E-state index is 0.619. The maximum atomic E-state index is 5.47. The van der Waals surface area contributed by atoms with E-state index in [1.54, 1.807) is 7.11 Å². The van der Waals surface area contributed by atoms with Crippen LogP contribution in [0.25, 0.3) is 0 Å². The summed E-state index contributed by atoms with van der Waals surface area (Å²) in [5.74, 6) is 1.10. The molecule has 0 aliphatic rings. The summed E-state index contributed by atoms with van der Waals surface area (Å²) in [5, 5.41) is 0. The fourth-order valence-electron chi connectivity index (χ4n) is 1.49. The molecule has 1 rings (SSSR count). The molecule has 5 heteroatoms. The van der Waals surface area contributed by atoms with Gasteiger partial charge >= 0.3 is 0 Å². The Balaban J connectivity index is 1.97. The lowest BCUT2D eigenvalue weighted by molar-refractivity contribution is 0.0229. The SMILES string of the molecule is CCc1nccn1CCOCCOCCOC. The van der Waals surface area contributed by atoms with Gasteiger partial charge in [-0.2, -0.15) is 0 Å². The lowest BCUT2D eigenvalue weighted by Gasteiger charge is -2.08. The molecular weight excluding hydrogens is 220 g/mol. The number of hydrogen-bond donors (Lipinski definition) is 0. The van der Waals surface area contributed by atoms with Gasteiger partial charge in [-0.25, -0.2) is 4.98 Å². The topological polar surface area (TPSA) is 45.5 Å². The molecule has 0 amide bonds. The number of hydrogen-bond acceptors (Lipinski definition) is 4. The third-order valence-corrected chi connectivity index (χ3v) is 2.40. The second-order valence-electron chi connectivity index (χ2n) is 3.61. The molecule has 0 aliphatic carbocycles. The number of aromatic nitrogens is 2. The molecule has 0 saturated carbocycles. The van der Waals surface area contributed by atoms with Crippen LogP contribution in [0, 0.1) is 0 Å². The van der Waals surface area contributed by atoms with Crippen LogP contribution in [0.2, 0.25) is 0 Å². The fourth-order valence-corrected chi connectivity index (χ4v) is 1.49. The molecule has 5 nitrogen and oxygen atoms in total. The molecule has 0 saturated heterocycles. The minimum atomic E-state index is 0.619. The predicted octanol–water partition coefficient (Wildman–Crippen LogP) is 1.13. The van der Waals surface area contributed by atoms with Gasteiger partial charge < -0.3 is 18.8 Å².